The lowest BCUT2D eigenvalue weighted by molar-refractivity contribution is -0.122. The molecule has 2 aromatic carbocycles. The molecule has 3 aromatic rings. The molecule has 1 aromatic heterocycles. The molecule has 0 unspecified atom stereocenters. The van der Waals surface area contributed by atoms with Crippen LogP contribution in [0.5, 0.6) is 5.75 Å². The largest absolute Gasteiger partial charge is 0.497 e. The van der Waals surface area contributed by atoms with Crippen molar-refractivity contribution in [1.29, 1.82) is 0 Å². The van der Waals surface area contributed by atoms with Crippen LogP contribution in [0, 0.1) is 0 Å². The highest BCUT2D eigenvalue weighted by Crippen LogP contribution is 2.37. The number of hydrogen-bond donors (Lipinski definition) is 1. The predicted molar refractivity (Wildman–Crippen MR) is 124 cm³/mol. The van der Waals surface area contributed by atoms with Crippen LogP contribution in [0.3, 0.4) is 0 Å². The second kappa shape index (κ2) is 10.0. The fourth-order valence-electron chi connectivity index (χ4n) is 4.20. The number of likely N-dealkylation sites (tertiary alicyclic amines) is 1. The normalized spacial score (nSPS) is 16.4. The minimum absolute atomic E-state index is 0.00126. The summed E-state index contributed by atoms with van der Waals surface area (Å²) in [6, 6.07) is 17.9. The summed E-state index contributed by atoms with van der Waals surface area (Å²) in [4.78, 5) is 19.7. The molecule has 0 aliphatic carbocycles. The van der Waals surface area contributed by atoms with Crippen LogP contribution in [0.25, 0.3) is 11.3 Å². The quantitative estimate of drug-likeness (QED) is 0.546. The molecule has 1 fully saturated rings. The Kier molecular flexibility index (Phi) is 6.90. The van der Waals surface area contributed by atoms with Crippen molar-refractivity contribution in [3.05, 3.63) is 71.8 Å². The molecular weight excluding hydrogens is 402 g/mol. The number of methoxy groups -OCH3 is 1. The highest BCUT2D eigenvalue weighted by molar-refractivity contribution is 5.78. The fraction of sp³-hybridized carbons (Fsp3) is 0.385. The number of rotatable bonds is 8. The molecule has 6 nitrogen and oxygen atoms in total. The van der Waals surface area contributed by atoms with E-state index in [1.54, 1.807) is 7.11 Å². The highest BCUT2D eigenvalue weighted by Gasteiger charge is 2.32. The molecule has 32 heavy (non-hydrogen) atoms. The van der Waals surface area contributed by atoms with Gasteiger partial charge in [0.2, 0.25) is 11.8 Å². The molecule has 1 N–H and O–H groups in total. The lowest BCUT2D eigenvalue weighted by Crippen LogP contribution is -2.36. The van der Waals surface area contributed by atoms with Gasteiger partial charge in [0, 0.05) is 18.0 Å². The second-order valence-electron chi connectivity index (χ2n) is 8.54. The van der Waals surface area contributed by atoms with E-state index in [9.17, 15) is 4.79 Å². The molecule has 1 saturated heterocycles. The van der Waals surface area contributed by atoms with Gasteiger partial charge < -0.3 is 14.5 Å². The first kappa shape index (κ1) is 22.1. The van der Waals surface area contributed by atoms with Crippen molar-refractivity contribution in [2.45, 2.75) is 45.2 Å². The monoisotopic (exact) mass is 433 g/mol. The van der Waals surface area contributed by atoms with Crippen molar-refractivity contribution in [3.63, 3.8) is 0 Å². The number of amides is 1. The summed E-state index contributed by atoms with van der Waals surface area (Å²) >= 11 is 0. The van der Waals surface area contributed by atoms with Crippen LogP contribution in [0.15, 0.2) is 59.0 Å². The van der Waals surface area contributed by atoms with E-state index in [0.717, 1.165) is 47.7 Å². The van der Waals surface area contributed by atoms with Gasteiger partial charge in [-0.15, -0.1) is 0 Å². The number of ether oxygens (including phenoxy) is 1. The van der Waals surface area contributed by atoms with Gasteiger partial charge in [0.15, 0.2) is 0 Å². The Labute approximate surface area is 189 Å². The van der Waals surface area contributed by atoms with E-state index in [4.69, 9.17) is 14.1 Å². The molecule has 0 radical (unpaired) electrons. The third-order valence-electron chi connectivity index (χ3n) is 5.86. The van der Waals surface area contributed by atoms with Gasteiger partial charge in [-0.3, -0.25) is 9.69 Å². The molecule has 1 atom stereocenters. The van der Waals surface area contributed by atoms with Gasteiger partial charge in [-0.1, -0.05) is 56.3 Å². The predicted octanol–water partition coefficient (Wildman–Crippen LogP) is 4.93. The molecular formula is C26H31N3O3. The molecule has 0 bridgehead atoms. The Balaban J connectivity index is 1.45. The highest BCUT2D eigenvalue weighted by atomic mass is 16.5. The van der Waals surface area contributed by atoms with E-state index in [2.05, 4.69) is 36.2 Å². The van der Waals surface area contributed by atoms with Crippen molar-refractivity contribution in [2.24, 2.45) is 0 Å². The van der Waals surface area contributed by atoms with Crippen molar-refractivity contribution in [1.82, 2.24) is 15.2 Å². The number of oxazole rings is 1. The first-order valence-corrected chi connectivity index (χ1v) is 11.2. The Morgan fingerprint density at radius 1 is 1.22 bits per heavy atom. The zero-order chi connectivity index (χ0) is 22.5. The van der Waals surface area contributed by atoms with E-state index in [1.165, 1.54) is 0 Å². The molecule has 6 heteroatoms. The molecule has 0 spiro atoms. The van der Waals surface area contributed by atoms with Gasteiger partial charge in [0.25, 0.3) is 0 Å². The topological polar surface area (TPSA) is 67.6 Å². The second-order valence-corrected chi connectivity index (χ2v) is 8.54. The summed E-state index contributed by atoms with van der Waals surface area (Å²) in [6.07, 6.45) is 1.96. The van der Waals surface area contributed by atoms with Gasteiger partial charge in [-0.2, -0.15) is 0 Å². The maximum atomic E-state index is 12.7. The van der Waals surface area contributed by atoms with Crippen molar-refractivity contribution < 1.29 is 13.9 Å². The third kappa shape index (κ3) is 5.02. The van der Waals surface area contributed by atoms with Crippen LogP contribution >= 0.6 is 0 Å². The Bertz CT molecular complexity index is 1050. The van der Waals surface area contributed by atoms with Crippen LogP contribution in [0.1, 0.15) is 55.9 Å². The number of nitrogens with zero attached hydrogens (tertiary/aromatic N) is 2. The summed E-state index contributed by atoms with van der Waals surface area (Å²) in [5.74, 6) is 2.63. The zero-order valence-corrected chi connectivity index (χ0v) is 19.0. The maximum Gasteiger partial charge on any atom is 0.234 e. The van der Waals surface area contributed by atoms with Crippen LogP contribution in [0.4, 0.5) is 0 Å². The number of aromatic nitrogens is 1. The number of hydrogen-bond acceptors (Lipinski definition) is 5. The molecule has 4 rings (SSSR count). The SMILES string of the molecule is COc1cccc(CNC(=O)CN2CCC[C@H]2c2nc(-c3ccccc3)c(C(C)C)o2)c1. The van der Waals surface area contributed by atoms with Crippen molar-refractivity contribution in [3.8, 4) is 17.0 Å². The molecule has 1 aliphatic heterocycles. The fourth-order valence-corrected chi connectivity index (χ4v) is 4.20. The standard InChI is InChI=1S/C26H31N3O3/c1-18(2)25-24(20-10-5-4-6-11-20)28-26(32-25)22-13-8-14-29(22)17-23(30)27-16-19-9-7-12-21(15-19)31-3/h4-7,9-12,15,18,22H,8,13-14,16-17H2,1-3H3,(H,27,30)/t22-/m0/s1. The lowest BCUT2D eigenvalue weighted by Gasteiger charge is -2.21. The van der Waals surface area contributed by atoms with Crippen LogP contribution in [-0.4, -0.2) is 36.0 Å². The summed E-state index contributed by atoms with van der Waals surface area (Å²) in [5, 5.41) is 3.02. The zero-order valence-electron chi connectivity index (χ0n) is 19.0. The van der Waals surface area contributed by atoms with E-state index >= 15 is 0 Å². The van der Waals surface area contributed by atoms with E-state index in [1.807, 2.05) is 42.5 Å². The number of nitrogens with one attached hydrogen (secondary N) is 1. The van der Waals surface area contributed by atoms with Gasteiger partial charge in [-0.25, -0.2) is 4.98 Å². The minimum Gasteiger partial charge on any atom is -0.497 e. The molecule has 2 heterocycles. The van der Waals surface area contributed by atoms with E-state index in [0.29, 0.717) is 19.0 Å². The van der Waals surface area contributed by atoms with Gasteiger partial charge in [0.1, 0.15) is 17.2 Å². The van der Waals surface area contributed by atoms with Gasteiger partial charge in [0.05, 0.1) is 19.7 Å². The summed E-state index contributed by atoms with van der Waals surface area (Å²) in [6.45, 7) is 5.90. The average Bonchev–Trinajstić information content (AvgIpc) is 3.45. The smallest absolute Gasteiger partial charge is 0.234 e. The first-order valence-electron chi connectivity index (χ1n) is 11.2. The number of carbonyl (C=O) groups excluding carboxylic acids is 1. The van der Waals surface area contributed by atoms with Crippen molar-refractivity contribution >= 4 is 5.91 Å². The minimum atomic E-state index is -0.00126. The lowest BCUT2D eigenvalue weighted by atomic mass is 10.0. The summed E-state index contributed by atoms with van der Waals surface area (Å²) < 4.78 is 11.5. The molecule has 1 aliphatic rings. The molecule has 1 amide bonds. The van der Waals surface area contributed by atoms with Crippen molar-refractivity contribution in [2.75, 3.05) is 20.2 Å². The first-order chi connectivity index (χ1) is 15.5. The maximum absolute atomic E-state index is 12.7. The number of benzene rings is 2. The Morgan fingerprint density at radius 3 is 2.78 bits per heavy atom. The third-order valence-corrected chi connectivity index (χ3v) is 5.86. The van der Waals surface area contributed by atoms with Crippen LogP contribution in [0.2, 0.25) is 0 Å². The number of carbonyl (C=O) groups is 1. The Hall–Kier alpha value is -3.12. The average molecular weight is 434 g/mol. The molecule has 0 saturated carbocycles. The van der Waals surface area contributed by atoms with Gasteiger partial charge in [-0.05, 0) is 37.1 Å². The van der Waals surface area contributed by atoms with Crippen LogP contribution in [-0.2, 0) is 11.3 Å². The Morgan fingerprint density at radius 2 is 2.03 bits per heavy atom. The van der Waals surface area contributed by atoms with Crippen LogP contribution < -0.4 is 10.1 Å². The molecule has 168 valence electrons. The summed E-state index contributed by atoms with van der Waals surface area (Å²) in [5.41, 5.74) is 2.98. The van der Waals surface area contributed by atoms with E-state index < -0.39 is 0 Å². The van der Waals surface area contributed by atoms with E-state index in [-0.39, 0.29) is 17.9 Å². The summed E-state index contributed by atoms with van der Waals surface area (Å²) in [7, 11) is 1.64. The van der Waals surface area contributed by atoms with Gasteiger partial charge >= 0.3 is 0 Å².